The summed E-state index contributed by atoms with van der Waals surface area (Å²) in [6.45, 7) is 0.539. The molecule has 0 atom stereocenters. The molecule has 4 heteroatoms. The minimum atomic E-state index is -0.311. The zero-order valence-electron chi connectivity index (χ0n) is 6.96. The van der Waals surface area contributed by atoms with E-state index in [0.717, 1.165) is 0 Å². The van der Waals surface area contributed by atoms with Crippen LogP contribution >= 0.6 is 15.9 Å². The smallest absolute Gasteiger partial charge is 0.137 e. The minimum absolute atomic E-state index is 0.0996. The van der Waals surface area contributed by atoms with Crippen LogP contribution in [0.5, 0.6) is 5.75 Å². The summed E-state index contributed by atoms with van der Waals surface area (Å²) in [5.74, 6) is 0.288. The third kappa shape index (κ3) is 3.32. The summed E-state index contributed by atoms with van der Waals surface area (Å²) in [7, 11) is 0. The van der Waals surface area contributed by atoms with Crippen molar-refractivity contribution in [2.24, 2.45) is 0 Å². The summed E-state index contributed by atoms with van der Waals surface area (Å²) in [6, 6.07) is 4.45. The Bertz CT molecular complexity index is 278. The predicted molar refractivity (Wildman–Crippen MR) is 51.3 cm³/mol. The first-order chi connectivity index (χ1) is 6.24. The highest BCUT2D eigenvalue weighted by Gasteiger charge is 2.00. The van der Waals surface area contributed by atoms with Crippen molar-refractivity contribution in [1.82, 2.24) is 0 Å². The van der Waals surface area contributed by atoms with Crippen molar-refractivity contribution in [2.75, 3.05) is 13.2 Å². The lowest BCUT2D eigenvalue weighted by molar-refractivity contribution is 0.233. The lowest BCUT2D eigenvalue weighted by Gasteiger charge is -2.05. The zero-order chi connectivity index (χ0) is 9.68. The highest BCUT2D eigenvalue weighted by Crippen LogP contribution is 2.21. The summed E-state index contributed by atoms with van der Waals surface area (Å²) < 4.78 is 18.4. The van der Waals surface area contributed by atoms with Gasteiger partial charge in [-0.05, 0) is 34.1 Å². The van der Waals surface area contributed by atoms with Crippen LogP contribution in [-0.4, -0.2) is 18.3 Å². The molecule has 0 bridgehead atoms. The average molecular weight is 249 g/mol. The Labute approximate surface area is 84.5 Å². The molecule has 1 N–H and O–H groups in total. The van der Waals surface area contributed by atoms with E-state index in [9.17, 15) is 4.39 Å². The van der Waals surface area contributed by atoms with Gasteiger partial charge < -0.3 is 9.84 Å². The van der Waals surface area contributed by atoms with E-state index in [2.05, 4.69) is 15.9 Å². The van der Waals surface area contributed by atoms with Gasteiger partial charge in [0.15, 0.2) is 0 Å². The van der Waals surface area contributed by atoms with E-state index in [1.807, 2.05) is 0 Å². The number of aliphatic hydroxyl groups excluding tert-OH is 1. The van der Waals surface area contributed by atoms with Crippen LogP contribution in [-0.2, 0) is 0 Å². The molecule has 0 aliphatic rings. The molecule has 0 aliphatic carbocycles. The first kappa shape index (κ1) is 10.5. The third-order valence-electron chi connectivity index (χ3n) is 1.46. The van der Waals surface area contributed by atoms with Crippen molar-refractivity contribution in [3.8, 4) is 5.75 Å². The molecule has 0 radical (unpaired) electrons. The zero-order valence-corrected chi connectivity index (χ0v) is 8.55. The molecule has 0 saturated heterocycles. The summed E-state index contributed by atoms with van der Waals surface area (Å²) in [5, 5.41) is 8.49. The molecule has 2 nitrogen and oxygen atoms in total. The molecular weight excluding hydrogens is 239 g/mol. The average Bonchev–Trinajstić information content (AvgIpc) is 2.12. The fourth-order valence-electron chi connectivity index (χ4n) is 0.821. The molecule has 0 heterocycles. The van der Waals surface area contributed by atoms with Crippen molar-refractivity contribution in [1.29, 1.82) is 0 Å². The number of halogens is 2. The fourth-order valence-corrected chi connectivity index (χ4v) is 1.18. The van der Waals surface area contributed by atoms with Gasteiger partial charge in [-0.15, -0.1) is 0 Å². The molecule has 0 aromatic heterocycles. The van der Waals surface area contributed by atoms with Gasteiger partial charge in [0.25, 0.3) is 0 Å². The van der Waals surface area contributed by atoms with E-state index in [1.54, 1.807) is 12.1 Å². The molecule has 0 aliphatic heterocycles. The molecule has 1 aromatic carbocycles. The molecule has 0 amide bonds. The van der Waals surface area contributed by atoms with Crippen LogP contribution < -0.4 is 4.74 Å². The van der Waals surface area contributed by atoms with E-state index in [-0.39, 0.29) is 12.4 Å². The molecule has 0 saturated carbocycles. The highest BCUT2D eigenvalue weighted by molar-refractivity contribution is 9.10. The lowest BCUT2D eigenvalue weighted by Crippen LogP contribution is -1.99. The lowest BCUT2D eigenvalue weighted by atomic mass is 10.3. The van der Waals surface area contributed by atoms with Crippen molar-refractivity contribution in [3.63, 3.8) is 0 Å². The molecule has 0 fully saturated rings. The number of ether oxygens (including phenoxy) is 1. The summed E-state index contributed by atoms with van der Waals surface area (Å²) >= 11 is 3.05. The second-order valence-corrected chi connectivity index (χ2v) is 3.36. The standard InChI is InChI=1S/C9H10BrFO2/c10-8-6-7(2-3-9(8)11)13-5-1-4-12/h2-3,6,12H,1,4-5H2. The summed E-state index contributed by atoms with van der Waals surface area (Å²) in [4.78, 5) is 0. The molecule has 1 aromatic rings. The fraction of sp³-hybridized carbons (Fsp3) is 0.333. The van der Waals surface area contributed by atoms with Gasteiger partial charge in [0.2, 0.25) is 0 Å². The largest absolute Gasteiger partial charge is 0.493 e. The Morgan fingerprint density at radius 1 is 1.46 bits per heavy atom. The monoisotopic (exact) mass is 248 g/mol. The van der Waals surface area contributed by atoms with E-state index in [1.165, 1.54) is 6.07 Å². The van der Waals surface area contributed by atoms with Crippen LogP contribution in [0.4, 0.5) is 4.39 Å². The van der Waals surface area contributed by atoms with Gasteiger partial charge in [-0.3, -0.25) is 0 Å². The Balaban J connectivity index is 2.53. The third-order valence-corrected chi connectivity index (χ3v) is 2.07. The van der Waals surface area contributed by atoms with Crippen molar-refractivity contribution in [3.05, 3.63) is 28.5 Å². The van der Waals surface area contributed by atoms with Crippen molar-refractivity contribution < 1.29 is 14.2 Å². The SMILES string of the molecule is OCCCOc1ccc(F)c(Br)c1. The maximum Gasteiger partial charge on any atom is 0.137 e. The predicted octanol–water partition coefficient (Wildman–Crippen LogP) is 2.35. The number of aliphatic hydroxyl groups is 1. The second-order valence-electron chi connectivity index (χ2n) is 2.50. The van der Waals surface area contributed by atoms with E-state index >= 15 is 0 Å². The number of hydrogen-bond donors (Lipinski definition) is 1. The number of hydrogen-bond acceptors (Lipinski definition) is 2. The van der Waals surface area contributed by atoms with E-state index in [0.29, 0.717) is 23.2 Å². The molecule has 0 unspecified atom stereocenters. The molecule has 72 valence electrons. The van der Waals surface area contributed by atoms with Gasteiger partial charge >= 0.3 is 0 Å². The van der Waals surface area contributed by atoms with Crippen LogP contribution in [0.1, 0.15) is 6.42 Å². The van der Waals surface area contributed by atoms with Gasteiger partial charge in [-0.2, -0.15) is 0 Å². The van der Waals surface area contributed by atoms with Gasteiger partial charge in [0.05, 0.1) is 11.1 Å². The molecular formula is C9H10BrFO2. The van der Waals surface area contributed by atoms with Crippen molar-refractivity contribution in [2.45, 2.75) is 6.42 Å². The first-order valence-corrected chi connectivity index (χ1v) is 4.72. The maximum absolute atomic E-state index is 12.7. The Hall–Kier alpha value is -0.610. The van der Waals surface area contributed by atoms with Gasteiger partial charge in [-0.1, -0.05) is 0 Å². The molecule has 0 spiro atoms. The van der Waals surface area contributed by atoms with Crippen LogP contribution in [0.15, 0.2) is 22.7 Å². The van der Waals surface area contributed by atoms with Gasteiger partial charge in [0.1, 0.15) is 11.6 Å². The Kier molecular flexibility index (Phi) is 4.18. The van der Waals surface area contributed by atoms with E-state index < -0.39 is 0 Å². The normalized spacial score (nSPS) is 10.1. The van der Waals surface area contributed by atoms with Gasteiger partial charge in [0, 0.05) is 13.0 Å². The van der Waals surface area contributed by atoms with Crippen LogP contribution in [0.3, 0.4) is 0 Å². The Morgan fingerprint density at radius 2 is 2.23 bits per heavy atom. The molecule has 1 rings (SSSR count). The first-order valence-electron chi connectivity index (χ1n) is 3.93. The van der Waals surface area contributed by atoms with Gasteiger partial charge in [-0.25, -0.2) is 4.39 Å². The number of rotatable bonds is 4. The topological polar surface area (TPSA) is 29.5 Å². The van der Waals surface area contributed by atoms with Crippen LogP contribution in [0, 0.1) is 5.82 Å². The Morgan fingerprint density at radius 3 is 2.85 bits per heavy atom. The molecule has 13 heavy (non-hydrogen) atoms. The van der Waals surface area contributed by atoms with Crippen LogP contribution in [0.2, 0.25) is 0 Å². The van der Waals surface area contributed by atoms with Crippen molar-refractivity contribution >= 4 is 15.9 Å². The van der Waals surface area contributed by atoms with E-state index in [4.69, 9.17) is 9.84 Å². The quantitative estimate of drug-likeness (QED) is 0.830. The maximum atomic E-state index is 12.7. The second kappa shape index (κ2) is 5.19. The summed E-state index contributed by atoms with van der Waals surface area (Å²) in [5.41, 5.74) is 0. The number of benzene rings is 1. The summed E-state index contributed by atoms with van der Waals surface area (Å²) in [6.07, 6.45) is 0.578. The highest BCUT2D eigenvalue weighted by atomic mass is 79.9. The van der Waals surface area contributed by atoms with Crippen LogP contribution in [0.25, 0.3) is 0 Å². The minimum Gasteiger partial charge on any atom is -0.493 e.